The number of rotatable bonds is 4. The van der Waals surface area contributed by atoms with Gasteiger partial charge in [-0.1, -0.05) is 32.9 Å². The van der Waals surface area contributed by atoms with Crippen molar-refractivity contribution in [3.8, 4) is 0 Å². The number of carbonyl (C=O) groups is 2. The van der Waals surface area contributed by atoms with Crippen LogP contribution >= 0.6 is 0 Å². The van der Waals surface area contributed by atoms with E-state index in [1.165, 1.54) is 5.56 Å². The molecule has 0 radical (unpaired) electrons. The maximum atomic E-state index is 12.3. The molecule has 2 amide bonds. The van der Waals surface area contributed by atoms with E-state index >= 15 is 0 Å². The Bertz CT molecular complexity index is 666. The predicted molar refractivity (Wildman–Crippen MR) is 104 cm³/mol. The minimum atomic E-state index is -0.267. The molecule has 1 aliphatic rings. The highest BCUT2D eigenvalue weighted by molar-refractivity contribution is 6.01. The molecule has 0 aromatic heterocycles. The number of amides is 2. The summed E-state index contributed by atoms with van der Waals surface area (Å²) >= 11 is 0. The molecule has 0 atom stereocenters. The molecule has 1 heterocycles. The van der Waals surface area contributed by atoms with Gasteiger partial charge in [0.25, 0.3) is 5.91 Å². The second-order valence-corrected chi connectivity index (χ2v) is 7.98. The molecule has 142 valence electrons. The Morgan fingerprint density at radius 1 is 1.08 bits per heavy atom. The highest BCUT2D eigenvalue weighted by atomic mass is 16.2. The molecule has 6 nitrogen and oxygen atoms in total. The highest BCUT2D eigenvalue weighted by Crippen LogP contribution is 2.22. The molecule has 1 fully saturated rings. The average molecular weight is 358 g/mol. The molecule has 1 aromatic rings. The van der Waals surface area contributed by atoms with E-state index in [1.807, 2.05) is 17.0 Å². The largest absolute Gasteiger partial charge is 0.340 e. The molecule has 0 spiro atoms. The molecular weight excluding hydrogens is 328 g/mol. The van der Waals surface area contributed by atoms with Crippen LogP contribution < -0.4 is 5.43 Å². The van der Waals surface area contributed by atoms with Crippen molar-refractivity contribution >= 4 is 17.5 Å². The summed E-state index contributed by atoms with van der Waals surface area (Å²) in [6, 6.07) is 7.52. The first-order valence-electron chi connectivity index (χ1n) is 9.07. The third-order valence-corrected chi connectivity index (χ3v) is 4.62. The van der Waals surface area contributed by atoms with Gasteiger partial charge in [-0.3, -0.25) is 9.59 Å². The Morgan fingerprint density at radius 3 is 2.19 bits per heavy atom. The Hall–Kier alpha value is -2.21. The van der Waals surface area contributed by atoms with E-state index < -0.39 is 0 Å². The SMILES string of the molecule is C/C(CC(=O)N1CCN(C)CC1)=N\NC(=O)c1ccc(C(C)(C)C)cc1. The van der Waals surface area contributed by atoms with Gasteiger partial charge in [-0.15, -0.1) is 0 Å². The average Bonchev–Trinajstić information content (AvgIpc) is 2.59. The Morgan fingerprint density at radius 2 is 1.65 bits per heavy atom. The zero-order chi connectivity index (χ0) is 19.3. The van der Waals surface area contributed by atoms with E-state index in [9.17, 15) is 9.59 Å². The van der Waals surface area contributed by atoms with Gasteiger partial charge >= 0.3 is 0 Å². The van der Waals surface area contributed by atoms with Crippen LogP contribution in [-0.4, -0.2) is 60.6 Å². The summed E-state index contributed by atoms with van der Waals surface area (Å²) < 4.78 is 0. The van der Waals surface area contributed by atoms with Gasteiger partial charge < -0.3 is 9.80 Å². The number of nitrogens with one attached hydrogen (secondary N) is 1. The van der Waals surface area contributed by atoms with Crippen molar-refractivity contribution in [2.75, 3.05) is 33.2 Å². The van der Waals surface area contributed by atoms with Gasteiger partial charge in [-0.05, 0) is 37.1 Å². The molecule has 0 aliphatic carbocycles. The minimum Gasteiger partial charge on any atom is -0.340 e. The Labute approximate surface area is 156 Å². The van der Waals surface area contributed by atoms with Gasteiger partial charge in [-0.25, -0.2) is 5.43 Å². The molecule has 1 N–H and O–H groups in total. The topological polar surface area (TPSA) is 65.0 Å². The summed E-state index contributed by atoms with van der Waals surface area (Å²) in [7, 11) is 2.05. The van der Waals surface area contributed by atoms with E-state index in [0.29, 0.717) is 11.3 Å². The van der Waals surface area contributed by atoms with Crippen LogP contribution in [0.25, 0.3) is 0 Å². The van der Waals surface area contributed by atoms with Gasteiger partial charge in [0, 0.05) is 37.5 Å². The summed E-state index contributed by atoms with van der Waals surface area (Å²) in [5.41, 5.74) is 4.92. The fourth-order valence-electron chi connectivity index (χ4n) is 2.76. The third-order valence-electron chi connectivity index (χ3n) is 4.62. The summed E-state index contributed by atoms with van der Waals surface area (Å²) in [5.74, 6) is -0.208. The standard InChI is InChI=1S/C20H30N4O2/c1-15(14-18(25)24-12-10-23(5)11-13-24)21-22-19(26)16-6-8-17(9-7-16)20(2,3)4/h6-9H,10-14H2,1-5H3,(H,22,26)/b21-15+. The fourth-order valence-corrected chi connectivity index (χ4v) is 2.76. The molecule has 26 heavy (non-hydrogen) atoms. The normalized spacial score (nSPS) is 16.5. The summed E-state index contributed by atoms with van der Waals surface area (Å²) in [6.45, 7) is 11.4. The second kappa shape index (κ2) is 8.45. The number of nitrogens with zero attached hydrogens (tertiary/aromatic N) is 3. The van der Waals surface area contributed by atoms with Crippen molar-refractivity contribution in [3.05, 3.63) is 35.4 Å². The lowest BCUT2D eigenvalue weighted by molar-refractivity contribution is -0.131. The molecule has 1 aromatic carbocycles. The van der Waals surface area contributed by atoms with Crippen LogP contribution in [0.4, 0.5) is 0 Å². The monoisotopic (exact) mass is 358 g/mol. The maximum absolute atomic E-state index is 12.3. The Balaban J connectivity index is 1.87. The highest BCUT2D eigenvalue weighted by Gasteiger charge is 2.19. The quantitative estimate of drug-likeness (QED) is 0.663. The van der Waals surface area contributed by atoms with Crippen LogP contribution in [0, 0.1) is 0 Å². The van der Waals surface area contributed by atoms with E-state index in [4.69, 9.17) is 0 Å². The summed E-state index contributed by atoms with van der Waals surface area (Å²) in [5, 5.41) is 4.08. The first kappa shape index (κ1) is 20.1. The first-order valence-corrected chi connectivity index (χ1v) is 9.07. The summed E-state index contributed by atoms with van der Waals surface area (Å²) in [6.07, 6.45) is 0.229. The van der Waals surface area contributed by atoms with Crippen molar-refractivity contribution in [3.63, 3.8) is 0 Å². The van der Waals surface area contributed by atoms with Crippen molar-refractivity contribution < 1.29 is 9.59 Å². The van der Waals surface area contributed by atoms with Gasteiger partial charge in [0.1, 0.15) is 0 Å². The zero-order valence-electron chi connectivity index (χ0n) is 16.5. The minimum absolute atomic E-state index is 0.0490. The number of hydrogen-bond donors (Lipinski definition) is 1. The second-order valence-electron chi connectivity index (χ2n) is 7.98. The number of hydrazone groups is 1. The van der Waals surface area contributed by atoms with E-state index in [2.05, 4.69) is 43.2 Å². The van der Waals surface area contributed by atoms with Crippen LogP contribution in [0.3, 0.4) is 0 Å². The number of hydrogen-bond acceptors (Lipinski definition) is 4. The predicted octanol–water partition coefficient (Wildman–Crippen LogP) is 2.25. The van der Waals surface area contributed by atoms with E-state index in [0.717, 1.165) is 26.2 Å². The van der Waals surface area contributed by atoms with Gasteiger partial charge in [0.15, 0.2) is 0 Å². The molecule has 2 rings (SSSR count). The van der Waals surface area contributed by atoms with Gasteiger partial charge in [-0.2, -0.15) is 5.10 Å². The van der Waals surface area contributed by atoms with Crippen LogP contribution in [-0.2, 0) is 10.2 Å². The molecule has 0 saturated carbocycles. The van der Waals surface area contributed by atoms with Gasteiger partial charge in [0.2, 0.25) is 5.91 Å². The Kier molecular flexibility index (Phi) is 6.53. The van der Waals surface area contributed by atoms with Crippen LogP contribution in [0.15, 0.2) is 29.4 Å². The smallest absolute Gasteiger partial charge is 0.271 e. The molecular formula is C20H30N4O2. The lowest BCUT2D eigenvalue weighted by atomic mass is 9.87. The van der Waals surface area contributed by atoms with Crippen LogP contribution in [0.5, 0.6) is 0 Å². The third kappa shape index (κ3) is 5.66. The van der Waals surface area contributed by atoms with Crippen LogP contribution in [0.2, 0.25) is 0 Å². The van der Waals surface area contributed by atoms with Gasteiger partial charge in [0.05, 0.1) is 6.42 Å². The molecule has 1 saturated heterocycles. The lowest BCUT2D eigenvalue weighted by Crippen LogP contribution is -2.47. The number of carbonyl (C=O) groups excluding carboxylic acids is 2. The number of piperazine rings is 1. The zero-order valence-corrected chi connectivity index (χ0v) is 16.5. The molecule has 0 unspecified atom stereocenters. The van der Waals surface area contributed by atoms with Crippen molar-refractivity contribution in [1.29, 1.82) is 0 Å². The van der Waals surface area contributed by atoms with E-state index in [-0.39, 0.29) is 23.7 Å². The lowest BCUT2D eigenvalue weighted by Gasteiger charge is -2.32. The number of benzene rings is 1. The maximum Gasteiger partial charge on any atom is 0.271 e. The van der Waals surface area contributed by atoms with E-state index in [1.54, 1.807) is 19.1 Å². The summed E-state index contributed by atoms with van der Waals surface area (Å²) in [4.78, 5) is 28.5. The van der Waals surface area contributed by atoms with Crippen molar-refractivity contribution in [2.45, 2.75) is 39.5 Å². The number of likely N-dealkylation sites (N-methyl/N-ethyl adjacent to an activating group) is 1. The van der Waals surface area contributed by atoms with Crippen molar-refractivity contribution in [2.24, 2.45) is 5.10 Å². The molecule has 1 aliphatic heterocycles. The molecule has 0 bridgehead atoms. The molecule has 6 heteroatoms. The fraction of sp³-hybridized carbons (Fsp3) is 0.550. The van der Waals surface area contributed by atoms with Crippen LogP contribution in [0.1, 0.15) is 50.0 Å². The first-order chi connectivity index (χ1) is 12.2. The van der Waals surface area contributed by atoms with Crippen molar-refractivity contribution in [1.82, 2.24) is 15.2 Å².